The standard InChI is InChI=1S/C28H35N5O7/c1-17(29)33-12-10-23(11-13-33)40-22-7-4-19(5-8-22)28(38)32-21(15-26(36)37)16-39-24-14-20(27(30)31)3-2-18(24)6-9-25(34)35/h2-5,7-8,14,21,23,29H,6,9-13,15-16H2,1H3,(H3,30,31)(H,32,38)(H,34,35)(H,36,37). The predicted octanol–water partition coefficient (Wildman–Crippen LogP) is 2.48. The number of hydrogen-bond acceptors (Lipinski definition) is 7. The quantitative estimate of drug-likeness (QED) is 0.159. The van der Waals surface area contributed by atoms with Crippen LogP contribution in [0, 0.1) is 10.8 Å². The Balaban J connectivity index is 1.63. The maximum Gasteiger partial charge on any atom is 0.305 e. The van der Waals surface area contributed by atoms with Crippen molar-refractivity contribution in [2.45, 2.75) is 51.2 Å². The summed E-state index contributed by atoms with van der Waals surface area (Å²) in [5.74, 6) is -1.39. The molecular formula is C28H35N5O7. The summed E-state index contributed by atoms with van der Waals surface area (Å²) in [7, 11) is 0. The molecule has 0 bridgehead atoms. The predicted molar refractivity (Wildman–Crippen MR) is 147 cm³/mol. The van der Waals surface area contributed by atoms with Crippen LogP contribution in [0.4, 0.5) is 0 Å². The lowest BCUT2D eigenvalue weighted by molar-refractivity contribution is -0.138. The molecule has 0 radical (unpaired) electrons. The van der Waals surface area contributed by atoms with Crippen molar-refractivity contribution in [3.63, 3.8) is 0 Å². The zero-order valence-electron chi connectivity index (χ0n) is 22.3. The number of carboxylic acids is 2. The van der Waals surface area contributed by atoms with Gasteiger partial charge in [0.15, 0.2) is 0 Å². The lowest BCUT2D eigenvalue weighted by atomic mass is 10.0. The normalized spacial score (nSPS) is 14.2. The Morgan fingerprint density at radius 2 is 1.70 bits per heavy atom. The molecule has 0 aliphatic carbocycles. The molecule has 0 saturated carbocycles. The summed E-state index contributed by atoms with van der Waals surface area (Å²) in [6.45, 7) is 3.08. The molecule has 1 saturated heterocycles. The number of likely N-dealkylation sites (tertiary alicyclic amines) is 1. The van der Waals surface area contributed by atoms with Gasteiger partial charge in [-0.25, -0.2) is 0 Å². The molecule has 12 nitrogen and oxygen atoms in total. The topological polar surface area (TPSA) is 199 Å². The Morgan fingerprint density at radius 1 is 1.05 bits per heavy atom. The zero-order valence-corrected chi connectivity index (χ0v) is 22.3. The Morgan fingerprint density at radius 3 is 2.27 bits per heavy atom. The minimum absolute atomic E-state index is 0.0225. The molecule has 2 aromatic carbocycles. The number of carbonyl (C=O) groups is 3. The Labute approximate surface area is 232 Å². The van der Waals surface area contributed by atoms with Crippen molar-refractivity contribution in [2.24, 2.45) is 5.73 Å². The number of ether oxygens (including phenoxy) is 2. The number of aryl methyl sites for hydroxylation is 1. The van der Waals surface area contributed by atoms with Crippen molar-refractivity contribution in [1.29, 1.82) is 10.8 Å². The number of nitrogens with one attached hydrogen (secondary N) is 3. The van der Waals surface area contributed by atoms with E-state index < -0.39 is 30.3 Å². The number of nitrogen functional groups attached to an aromatic ring is 1. The number of carbonyl (C=O) groups excluding carboxylic acids is 1. The van der Waals surface area contributed by atoms with E-state index in [1.165, 1.54) is 6.07 Å². The van der Waals surface area contributed by atoms with E-state index in [9.17, 15) is 19.5 Å². The van der Waals surface area contributed by atoms with Crippen LogP contribution in [0.15, 0.2) is 42.5 Å². The lowest BCUT2D eigenvalue weighted by Gasteiger charge is -2.32. The number of nitrogens with zero attached hydrogens (tertiary/aromatic N) is 1. The van der Waals surface area contributed by atoms with Gasteiger partial charge >= 0.3 is 11.9 Å². The van der Waals surface area contributed by atoms with Crippen LogP contribution in [0.2, 0.25) is 0 Å². The van der Waals surface area contributed by atoms with Crippen LogP contribution in [-0.4, -0.2) is 76.5 Å². The molecule has 0 aromatic heterocycles. The second kappa shape index (κ2) is 14.0. The van der Waals surface area contributed by atoms with Gasteiger partial charge in [0, 0.05) is 43.5 Å². The van der Waals surface area contributed by atoms with Gasteiger partial charge in [-0.2, -0.15) is 0 Å². The highest BCUT2D eigenvalue weighted by molar-refractivity contribution is 5.95. The van der Waals surface area contributed by atoms with E-state index in [-0.39, 0.29) is 37.1 Å². The van der Waals surface area contributed by atoms with E-state index in [2.05, 4.69) is 5.32 Å². The maximum absolute atomic E-state index is 12.9. The Hall–Kier alpha value is -4.61. The minimum atomic E-state index is -1.13. The first-order valence-corrected chi connectivity index (χ1v) is 12.9. The fourth-order valence-electron chi connectivity index (χ4n) is 4.31. The largest absolute Gasteiger partial charge is 0.491 e. The number of carboxylic acid groups (broad SMARTS) is 2. The number of aliphatic carboxylic acids is 2. The summed E-state index contributed by atoms with van der Waals surface area (Å²) in [5, 5.41) is 36.5. The number of hydrogen-bond donors (Lipinski definition) is 6. The summed E-state index contributed by atoms with van der Waals surface area (Å²) in [6, 6.07) is 10.4. The van der Waals surface area contributed by atoms with Gasteiger partial charge in [0.25, 0.3) is 5.91 Å². The van der Waals surface area contributed by atoms with Gasteiger partial charge in [-0.3, -0.25) is 25.2 Å². The number of amidine groups is 2. The monoisotopic (exact) mass is 553 g/mol. The van der Waals surface area contributed by atoms with Crippen LogP contribution in [0.25, 0.3) is 0 Å². The van der Waals surface area contributed by atoms with Crippen LogP contribution in [0.3, 0.4) is 0 Å². The molecule has 3 rings (SSSR count). The summed E-state index contributed by atoms with van der Waals surface area (Å²) < 4.78 is 11.9. The summed E-state index contributed by atoms with van der Waals surface area (Å²) in [4.78, 5) is 37.4. The van der Waals surface area contributed by atoms with Crippen molar-refractivity contribution in [2.75, 3.05) is 19.7 Å². The van der Waals surface area contributed by atoms with Crippen molar-refractivity contribution in [3.8, 4) is 11.5 Å². The van der Waals surface area contributed by atoms with E-state index in [1.807, 2.05) is 4.90 Å². The van der Waals surface area contributed by atoms with Gasteiger partial charge in [-0.05, 0) is 49.2 Å². The molecule has 1 aliphatic heterocycles. The molecule has 214 valence electrons. The fraction of sp³-hybridized carbons (Fsp3) is 0.393. The SMILES string of the molecule is CC(=N)N1CCC(Oc2ccc(C(=O)NC(COc3cc(C(=N)N)ccc3CCC(=O)O)CC(=O)O)cc2)CC1. The van der Waals surface area contributed by atoms with E-state index in [1.54, 1.807) is 43.3 Å². The first-order chi connectivity index (χ1) is 19.0. The number of nitrogens with two attached hydrogens (primary N) is 1. The first kappa shape index (κ1) is 29.9. The molecule has 1 atom stereocenters. The highest BCUT2D eigenvalue weighted by Gasteiger charge is 2.22. The molecule has 1 unspecified atom stereocenters. The lowest BCUT2D eigenvalue weighted by Crippen LogP contribution is -2.41. The Bertz CT molecular complexity index is 1240. The van der Waals surface area contributed by atoms with Crippen LogP contribution in [0.1, 0.15) is 54.1 Å². The third-order valence-electron chi connectivity index (χ3n) is 6.52. The highest BCUT2D eigenvalue weighted by Crippen LogP contribution is 2.23. The molecule has 12 heteroatoms. The fourth-order valence-corrected chi connectivity index (χ4v) is 4.31. The van der Waals surface area contributed by atoms with Gasteiger partial charge in [-0.15, -0.1) is 0 Å². The third-order valence-corrected chi connectivity index (χ3v) is 6.52. The average Bonchev–Trinajstić information content (AvgIpc) is 2.91. The Kier molecular flexibility index (Phi) is 10.5. The summed E-state index contributed by atoms with van der Waals surface area (Å²) in [5.41, 5.74) is 6.81. The van der Waals surface area contributed by atoms with Crippen LogP contribution >= 0.6 is 0 Å². The van der Waals surface area contributed by atoms with Gasteiger partial charge in [-0.1, -0.05) is 12.1 Å². The van der Waals surface area contributed by atoms with Gasteiger partial charge in [0.2, 0.25) is 0 Å². The van der Waals surface area contributed by atoms with Crippen LogP contribution in [-0.2, 0) is 16.0 Å². The molecule has 1 heterocycles. The summed E-state index contributed by atoms with van der Waals surface area (Å²) in [6.07, 6.45) is 1.22. The van der Waals surface area contributed by atoms with Gasteiger partial charge in [0.1, 0.15) is 30.0 Å². The molecular weight excluding hydrogens is 518 g/mol. The first-order valence-electron chi connectivity index (χ1n) is 12.9. The van der Waals surface area contributed by atoms with E-state index in [0.717, 1.165) is 25.9 Å². The molecule has 1 amide bonds. The molecule has 0 spiro atoms. The molecule has 1 aliphatic rings. The van der Waals surface area contributed by atoms with Gasteiger partial charge in [0.05, 0.1) is 18.3 Å². The van der Waals surface area contributed by atoms with E-state index in [4.69, 9.17) is 31.1 Å². The molecule has 1 fully saturated rings. The number of benzene rings is 2. The van der Waals surface area contributed by atoms with E-state index >= 15 is 0 Å². The second-order valence-electron chi connectivity index (χ2n) is 9.62. The molecule has 7 N–H and O–H groups in total. The molecule has 40 heavy (non-hydrogen) atoms. The number of amides is 1. The number of rotatable bonds is 13. The minimum Gasteiger partial charge on any atom is -0.491 e. The molecule has 2 aromatic rings. The second-order valence-corrected chi connectivity index (χ2v) is 9.62. The van der Waals surface area contributed by atoms with Crippen molar-refractivity contribution in [3.05, 3.63) is 59.2 Å². The van der Waals surface area contributed by atoms with Crippen molar-refractivity contribution in [1.82, 2.24) is 10.2 Å². The van der Waals surface area contributed by atoms with Crippen LogP contribution in [0.5, 0.6) is 11.5 Å². The van der Waals surface area contributed by atoms with Crippen molar-refractivity contribution >= 4 is 29.5 Å². The smallest absolute Gasteiger partial charge is 0.305 e. The van der Waals surface area contributed by atoms with Crippen LogP contribution < -0.4 is 20.5 Å². The third kappa shape index (κ3) is 9.00. The maximum atomic E-state index is 12.9. The summed E-state index contributed by atoms with van der Waals surface area (Å²) >= 11 is 0. The highest BCUT2D eigenvalue weighted by atomic mass is 16.5. The average molecular weight is 554 g/mol. The van der Waals surface area contributed by atoms with Gasteiger partial charge < -0.3 is 35.6 Å². The van der Waals surface area contributed by atoms with E-state index in [0.29, 0.717) is 28.3 Å². The number of piperidine rings is 1. The van der Waals surface area contributed by atoms with Crippen molar-refractivity contribution < 1.29 is 34.1 Å². The zero-order chi connectivity index (χ0) is 29.2.